The highest BCUT2D eigenvalue weighted by Crippen LogP contribution is 2.08. The molecule has 0 saturated carbocycles. The van der Waals surface area contributed by atoms with Crippen LogP contribution in [0.1, 0.15) is 11.3 Å². The van der Waals surface area contributed by atoms with Crippen molar-refractivity contribution >= 4 is 12.0 Å². The average molecular weight is 205 g/mol. The zero-order valence-electron chi connectivity index (χ0n) is 8.27. The maximum atomic E-state index is 5.27. The van der Waals surface area contributed by atoms with Crippen molar-refractivity contribution < 1.29 is 4.42 Å². The minimum atomic E-state index is 0.0551. The predicted molar refractivity (Wildman–Crippen MR) is 55.0 cm³/mol. The fourth-order valence-corrected chi connectivity index (χ4v) is 1.09. The molecule has 0 spiro atoms. The van der Waals surface area contributed by atoms with E-state index in [-0.39, 0.29) is 6.01 Å². The monoisotopic (exact) mass is 205 g/mol. The molecule has 2 heterocycles. The van der Waals surface area contributed by atoms with Crippen molar-refractivity contribution in [3.63, 3.8) is 0 Å². The third kappa shape index (κ3) is 2.43. The smallest absolute Gasteiger partial charge is 0.317 e. The number of hydrogen-bond acceptors (Lipinski definition) is 6. The number of nitrogens with zero attached hydrogens (tertiary/aromatic N) is 3. The van der Waals surface area contributed by atoms with Crippen LogP contribution in [0.4, 0.5) is 12.0 Å². The second-order valence-corrected chi connectivity index (χ2v) is 3.11. The molecule has 0 radical (unpaired) electrons. The van der Waals surface area contributed by atoms with Gasteiger partial charge in [-0.2, -0.15) is 0 Å². The van der Waals surface area contributed by atoms with Crippen LogP contribution in [0.2, 0.25) is 0 Å². The molecule has 3 N–H and O–H groups in total. The number of anilines is 2. The summed E-state index contributed by atoms with van der Waals surface area (Å²) in [7, 11) is 0. The number of pyridine rings is 1. The van der Waals surface area contributed by atoms with Gasteiger partial charge in [0.05, 0.1) is 0 Å². The van der Waals surface area contributed by atoms with E-state index >= 15 is 0 Å². The van der Waals surface area contributed by atoms with Gasteiger partial charge < -0.3 is 15.5 Å². The van der Waals surface area contributed by atoms with Gasteiger partial charge in [-0.1, -0.05) is 16.3 Å². The Morgan fingerprint density at radius 1 is 1.40 bits per heavy atom. The lowest BCUT2D eigenvalue weighted by molar-refractivity contribution is 0.586. The molecule has 78 valence electrons. The Bertz CT molecular complexity index is 436. The highest BCUT2D eigenvalue weighted by atomic mass is 16.4. The molecule has 0 fully saturated rings. The first-order chi connectivity index (χ1) is 7.24. The van der Waals surface area contributed by atoms with E-state index in [0.29, 0.717) is 12.6 Å². The molecule has 6 nitrogen and oxygen atoms in total. The van der Waals surface area contributed by atoms with Gasteiger partial charge in [0.2, 0.25) is 0 Å². The lowest BCUT2D eigenvalue weighted by Crippen LogP contribution is -2.00. The van der Waals surface area contributed by atoms with Crippen molar-refractivity contribution in [3.05, 3.63) is 29.6 Å². The van der Waals surface area contributed by atoms with E-state index in [9.17, 15) is 0 Å². The third-order valence-corrected chi connectivity index (χ3v) is 1.86. The average Bonchev–Trinajstić information content (AvgIpc) is 2.64. The van der Waals surface area contributed by atoms with Gasteiger partial charge in [0, 0.05) is 18.4 Å². The summed E-state index contributed by atoms with van der Waals surface area (Å²) in [5.41, 5.74) is 7.30. The number of nitrogen functional groups attached to an aromatic ring is 1. The summed E-state index contributed by atoms with van der Waals surface area (Å²) in [4.78, 5) is 4.17. The fourth-order valence-electron chi connectivity index (χ4n) is 1.09. The Morgan fingerprint density at radius 2 is 2.27 bits per heavy atom. The Balaban J connectivity index is 1.96. The summed E-state index contributed by atoms with van der Waals surface area (Å²) in [6.07, 6.45) is 1.79. The number of hydrogen-bond donors (Lipinski definition) is 2. The first kappa shape index (κ1) is 9.45. The zero-order valence-corrected chi connectivity index (χ0v) is 8.27. The van der Waals surface area contributed by atoms with Crippen LogP contribution in [0.15, 0.2) is 22.7 Å². The van der Waals surface area contributed by atoms with Gasteiger partial charge in [-0.25, -0.2) is 0 Å². The van der Waals surface area contributed by atoms with E-state index in [4.69, 9.17) is 10.2 Å². The summed E-state index contributed by atoms with van der Waals surface area (Å²) >= 11 is 0. The van der Waals surface area contributed by atoms with Gasteiger partial charge in [0.1, 0.15) is 0 Å². The SMILES string of the molecule is Cc1ccc(CNc2nnc(N)o2)cn1. The van der Waals surface area contributed by atoms with Crippen LogP contribution in [0, 0.1) is 6.92 Å². The quantitative estimate of drug-likeness (QED) is 0.775. The van der Waals surface area contributed by atoms with E-state index in [1.165, 1.54) is 0 Å². The van der Waals surface area contributed by atoms with Crippen LogP contribution in [-0.2, 0) is 6.54 Å². The molecule has 6 heteroatoms. The molecular formula is C9H11N5O. The molecule has 2 rings (SSSR count). The molecule has 15 heavy (non-hydrogen) atoms. The van der Waals surface area contributed by atoms with Gasteiger partial charge in [-0.15, -0.1) is 0 Å². The largest absolute Gasteiger partial charge is 0.390 e. The molecule has 0 bridgehead atoms. The highest BCUT2D eigenvalue weighted by molar-refractivity contribution is 5.25. The Morgan fingerprint density at radius 3 is 2.87 bits per heavy atom. The van der Waals surface area contributed by atoms with Gasteiger partial charge in [-0.05, 0) is 18.6 Å². The van der Waals surface area contributed by atoms with Crippen LogP contribution in [0.25, 0.3) is 0 Å². The van der Waals surface area contributed by atoms with E-state index in [1.807, 2.05) is 19.1 Å². The van der Waals surface area contributed by atoms with E-state index in [0.717, 1.165) is 11.3 Å². The Hall–Kier alpha value is -2.11. The molecule has 2 aromatic heterocycles. The van der Waals surface area contributed by atoms with Gasteiger partial charge >= 0.3 is 12.0 Å². The highest BCUT2D eigenvalue weighted by Gasteiger charge is 2.01. The molecule has 0 aliphatic carbocycles. The molecule has 2 aromatic rings. The van der Waals surface area contributed by atoms with Crippen LogP contribution in [0.3, 0.4) is 0 Å². The van der Waals surface area contributed by atoms with E-state index in [1.54, 1.807) is 6.20 Å². The van der Waals surface area contributed by atoms with E-state index < -0.39 is 0 Å². The molecule has 0 saturated heterocycles. The summed E-state index contributed by atoms with van der Waals surface area (Å²) in [5, 5.41) is 10.1. The van der Waals surface area contributed by atoms with Crippen LogP contribution >= 0.6 is 0 Å². The third-order valence-electron chi connectivity index (χ3n) is 1.86. The summed E-state index contributed by atoms with van der Waals surface area (Å²) in [5.74, 6) is 0. The maximum absolute atomic E-state index is 5.27. The zero-order chi connectivity index (χ0) is 10.7. The summed E-state index contributed by atoms with van der Waals surface area (Å²) in [6.45, 7) is 2.52. The topological polar surface area (TPSA) is 89.9 Å². The number of rotatable bonds is 3. The number of aromatic nitrogens is 3. The van der Waals surface area contributed by atoms with Crippen molar-refractivity contribution in [1.82, 2.24) is 15.2 Å². The second kappa shape index (κ2) is 3.95. The van der Waals surface area contributed by atoms with Crippen molar-refractivity contribution in [2.45, 2.75) is 13.5 Å². The molecule has 0 unspecified atom stereocenters. The maximum Gasteiger partial charge on any atom is 0.317 e. The minimum absolute atomic E-state index is 0.0551. The molecule has 0 aliphatic heterocycles. The first-order valence-corrected chi connectivity index (χ1v) is 4.48. The summed E-state index contributed by atoms with van der Waals surface area (Å²) < 4.78 is 4.95. The van der Waals surface area contributed by atoms with Gasteiger partial charge in [0.25, 0.3) is 0 Å². The fraction of sp³-hybridized carbons (Fsp3) is 0.222. The Labute approximate surface area is 86.5 Å². The van der Waals surface area contributed by atoms with Crippen molar-refractivity contribution in [2.24, 2.45) is 0 Å². The van der Waals surface area contributed by atoms with E-state index in [2.05, 4.69) is 20.5 Å². The number of nitrogens with one attached hydrogen (secondary N) is 1. The number of nitrogens with two attached hydrogens (primary N) is 1. The standard InChI is InChI=1S/C9H11N5O/c1-6-2-3-7(4-11-6)5-12-9-14-13-8(10)15-9/h2-4H,5H2,1H3,(H2,10,13)(H,12,14). The van der Waals surface area contributed by atoms with Crippen molar-refractivity contribution in [3.8, 4) is 0 Å². The summed E-state index contributed by atoms with van der Waals surface area (Å²) in [6, 6.07) is 4.29. The lowest BCUT2D eigenvalue weighted by atomic mass is 10.2. The predicted octanol–water partition coefficient (Wildman–Crippen LogP) is 0.967. The van der Waals surface area contributed by atoms with Crippen molar-refractivity contribution in [2.75, 3.05) is 11.1 Å². The van der Waals surface area contributed by atoms with Crippen LogP contribution < -0.4 is 11.1 Å². The van der Waals surface area contributed by atoms with Gasteiger partial charge in [0.15, 0.2) is 0 Å². The lowest BCUT2D eigenvalue weighted by Gasteiger charge is -2.00. The first-order valence-electron chi connectivity index (χ1n) is 4.48. The van der Waals surface area contributed by atoms with Gasteiger partial charge in [-0.3, -0.25) is 4.98 Å². The molecule has 0 aromatic carbocycles. The molecule has 0 atom stereocenters. The number of aryl methyl sites for hydroxylation is 1. The second-order valence-electron chi connectivity index (χ2n) is 3.11. The Kier molecular flexibility index (Phi) is 2.49. The molecule has 0 amide bonds. The molecular weight excluding hydrogens is 194 g/mol. The van der Waals surface area contributed by atoms with Crippen molar-refractivity contribution in [1.29, 1.82) is 0 Å². The minimum Gasteiger partial charge on any atom is -0.390 e. The van der Waals surface area contributed by atoms with Crippen LogP contribution in [-0.4, -0.2) is 15.2 Å². The normalized spacial score (nSPS) is 10.2. The molecule has 0 aliphatic rings. The van der Waals surface area contributed by atoms with Crippen LogP contribution in [0.5, 0.6) is 0 Å².